The molecule has 2 aromatic heterocycles. The molecule has 0 saturated carbocycles. The van der Waals surface area contributed by atoms with E-state index in [1.807, 2.05) is 12.4 Å². The zero-order valence-electron chi connectivity index (χ0n) is 15.0. The molecule has 0 fully saturated rings. The van der Waals surface area contributed by atoms with Gasteiger partial charge in [-0.3, -0.25) is 4.68 Å². The van der Waals surface area contributed by atoms with E-state index in [0.29, 0.717) is 19.6 Å². The number of aliphatic hydroxyl groups is 1. The van der Waals surface area contributed by atoms with Crippen LogP contribution in [0.3, 0.4) is 0 Å². The molecule has 0 aromatic carbocycles. The molecule has 0 unspecified atom stereocenters. The normalized spacial score (nSPS) is 13.5. The first-order valence-corrected chi connectivity index (χ1v) is 8.74. The zero-order valence-corrected chi connectivity index (χ0v) is 15.8. The number of nitrogens with zero attached hydrogens (tertiary/aromatic N) is 4. The summed E-state index contributed by atoms with van der Waals surface area (Å²) in [6.45, 7) is 8.06. The van der Waals surface area contributed by atoms with E-state index in [1.165, 1.54) is 4.88 Å². The molecule has 134 valence electrons. The Hall–Kier alpha value is -1.48. The second kappa shape index (κ2) is 8.06. The largest absolute Gasteiger partial charge is 0.390 e. The number of thiazole rings is 1. The summed E-state index contributed by atoms with van der Waals surface area (Å²) in [5.74, 6) is 0. The van der Waals surface area contributed by atoms with E-state index in [9.17, 15) is 5.11 Å². The Morgan fingerprint density at radius 3 is 2.79 bits per heavy atom. The Morgan fingerprint density at radius 1 is 1.42 bits per heavy atom. The van der Waals surface area contributed by atoms with Crippen LogP contribution in [0.15, 0.2) is 18.6 Å². The molecule has 0 aliphatic carbocycles. The number of aliphatic hydroxyl groups excluding tert-OH is 1. The average Bonchev–Trinajstić information content (AvgIpc) is 3.13. The molecule has 0 spiro atoms. The molecule has 2 N–H and O–H groups in total. The van der Waals surface area contributed by atoms with Crippen molar-refractivity contribution >= 4 is 17.0 Å². The van der Waals surface area contributed by atoms with Gasteiger partial charge >= 0.3 is 0 Å². The highest BCUT2D eigenvalue weighted by Crippen LogP contribution is 2.27. The van der Waals surface area contributed by atoms with Gasteiger partial charge in [0.1, 0.15) is 0 Å². The number of hydroxylamine groups is 2. The molecule has 0 bridgehead atoms. The third-order valence-corrected chi connectivity index (χ3v) is 4.90. The smallest absolute Gasteiger partial charge is 0.0981 e. The molecular weight excluding hydrogens is 326 g/mol. The Bertz CT molecular complexity index is 634. The van der Waals surface area contributed by atoms with Gasteiger partial charge in [-0.25, -0.2) is 4.98 Å². The molecule has 2 heterocycles. The fraction of sp³-hybridized carbons (Fsp3) is 0.625. The van der Waals surface area contributed by atoms with Gasteiger partial charge in [-0.15, -0.1) is 11.3 Å². The maximum Gasteiger partial charge on any atom is 0.0981 e. The molecule has 0 radical (unpaired) electrons. The lowest BCUT2D eigenvalue weighted by atomic mass is 9.98. The maximum atomic E-state index is 9.99. The van der Waals surface area contributed by atoms with E-state index in [1.54, 1.807) is 41.4 Å². The van der Waals surface area contributed by atoms with E-state index in [0.717, 1.165) is 10.7 Å². The summed E-state index contributed by atoms with van der Waals surface area (Å²) in [7, 11) is 3.35. The van der Waals surface area contributed by atoms with Crippen LogP contribution in [0.5, 0.6) is 0 Å². The topological polar surface area (TPSA) is 75.4 Å². The van der Waals surface area contributed by atoms with Crippen molar-refractivity contribution in [1.82, 2.24) is 19.8 Å². The van der Waals surface area contributed by atoms with Crippen LogP contribution >= 0.6 is 11.3 Å². The van der Waals surface area contributed by atoms with Crippen LogP contribution in [0, 0.1) is 0 Å². The van der Waals surface area contributed by atoms with Gasteiger partial charge in [-0.2, -0.15) is 10.2 Å². The molecule has 7 nitrogen and oxygen atoms in total. The lowest BCUT2D eigenvalue weighted by Crippen LogP contribution is -2.31. The zero-order chi connectivity index (χ0) is 17.7. The van der Waals surface area contributed by atoms with Crippen LogP contribution in [0.2, 0.25) is 0 Å². The third kappa shape index (κ3) is 5.55. The number of likely N-dealkylation sites (N-methyl/N-ethyl adjacent to an activating group) is 1. The predicted molar refractivity (Wildman–Crippen MR) is 96.0 cm³/mol. The Labute approximate surface area is 147 Å². The van der Waals surface area contributed by atoms with Gasteiger partial charge in [0.2, 0.25) is 0 Å². The maximum absolute atomic E-state index is 9.99. The van der Waals surface area contributed by atoms with Gasteiger partial charge in [0, 0.05) is 29.7 Å². The number of aromatic nitrogens is 3. The molecule has 2 rings (SSSR count). The molecular formula is C16H27N5O2S. The van der Waals surface area contributed by atoms with Crippen molar-refractivity contribution in [2.24, 2.45) is 0 Å². The summed E-state index contributed by atoms with van der Waals surface area (Å²) in [4.78, 5) is 10.7. The summed E-state index contributed by atoms with van der Waals surface area (Å²) in [6, 6.07) is 0. The summed E-state index contributed by atoms with van der Waals surface area (Å²) < 4.78 is 1.73. The van der Waals surface area contributed by atoms with Crippen molar-refractivity contribution in [3.05, 3.63) is 28.5 Å². The van der Waals surface area contributed by atoms with E-state index in [-0.39, 0.29) is 5.41 Å². The summed E-state index contributed by atoms with van der Waals surface area (Å²) >= 11 is 1.73. The summed E-state index contributed by atoms with van der Waals surface area (Å²) in [5, 5.41) is 20.3. The number of hydrogen-bond donors (Lipinski definition) is 2. The molecule has 0 saturated heterocycles. The summed E-state index contributed by atoms with van der Waals surface area (Å²) in [6.07, 6.45) is 5.03. The van der Waals surface area contributed by atoms with Crippen molar-refractivity contribution in [3.63, 3.8) is 0 Å². The van der Waals surface area contributed by atoms with Crippen molar-refractivity contribution in [3.8, 4) is 0 Å². The Kier molecular flexibility index (Phi) is 6.34. The van der Waals surface area contributed by atoms with Crippen LogP contribution in [-0.2, 0) is 23.3 Å². The van der Waals surface area contributed by atoms with Crippen LogP contribution in [0.25, 0.3) is 0 Å². The number of anilines is 1. The minimum Gasteiger partial charge on any atom is -0.390 e. The quantitative estimate of drug-likeness (QED) is 0.708. The van der Waals surface area contributed by atoms with Gasteiger partial charge in [0.25, 0.3) is 0 Å². The second-order valence-electron chi connectivity index (χ2n) is 6.83. The highest BCUT2D eigenvalue weighted by atomic mass is 32.1. The van der Waals surface area contributed by atoms with Crippen molar-refractivity contribution < 1.29 is 9.94 Å². The second-order valence-corrected chi connectivity index (χ2v) is 7.95. The van der Waals surface area contributed by atoms with E-state index >= 15 is 0 Å². The summed E-state index contributed by atoms with van der Waals surface area (Å²) in [5.41, 5.74) is 1.01. The van der Waals surface area contributed by atoms with Gasteiger partial charge in [-0.05, 0) is 0 Å². The number of nitrogens with one attached hydrogen (secondary N) is 1. The first-order chi connectivity index (χ1) is 11.3. The molecule has 8 heteroatoms. The standard InChI is InChI=1S/C16H27N5O2S/c1-16(2,3)15-18-8-14(24-15)7-17-12-6-19-21(9-12)11-13(22)10-20(4)23-5/h6,8-9,13,17,22H,7,10-11H2,1-5H3/t13-/m0/s1. The molecule has 0 aliphatic rings. The van der Waals surface area contributed by atoms with Crippen LogP contribution in [-0.4, -0.2) is 51.7 Å². The molecule has 0 aliphatic heterocycles. The average molecular weight is 353 g/mol. The minimum absolute atomic E-state index is 0.0826. The highest BCUT2D eigenvalue weighted by Gasteiger charge is 2.18. The van der Waals surface area contributed by atoms with Crippen molar-refractivity contribution in [2.45, 2.75) is 45.4 Å². The SMILES string of the molecule is CON(C)C[C@H](O)Cn1cc(NCc2cnc(C(C)(C)C)s2)cn1. The van der Waals surface area contributed by atoms with Crippen LogP contribution in [0.4, 0.5) is 5.69 Å². The predicted octanol–water partition coefficient (Wildman–Crippen LogP) is 2.10. The first-order valence-electron chi connectivity index (χ1n) is 7.92. The van der Waals surface area contributed by atoms with Gasteiger partial charge in [0.05, 0.1) is 49.7 Å². The van der Waals surface area contributed by atoms with Crippen LogP contribution in [0.1, 0.15) is 30.7 Å². The molecule has 0 amide bonds. The number of hydrogen-bond acceptors (Lipinski definition) is 7. The fourth-order valence-corrected chi connectivity index (χ4v) is 3.03. The van der Waals surface area contributed by atoms with E-state index in [2.05, 4.69) is 36.2 Å². The number of rotatable bonds is 8. The molecule has 2 aromatic rings. The minimum atomic E-state index is -0.543. The van der Waals surface area contributed by atoms with Gasteiger partial charge in [0.15, 0.2) is 0 Å². The fourth-order valence-electron chi connectivity index (χ4n) is 2.12. The third-order valence-electron chi connectivity index (χ3n) is 3.47. The van der Waals surface area contributed by atoms with Crippen molar-refractivity contribution in [2.75, 3.05) is 26.0 Å². The monoisotopic (exact) mass is 353 g/mol. The first kappa shape index (κ1) is 18.9. The lowest BCUT2D eigenvalue weighted by Gasteiger charge is -2.17. The van der Waals surface area contributed by atoms with Gasteiger partial charge < -0.3 is 15.3 Å². The van der Waals surface area contributed by atoms with Crippen LogP contribution < -0.4 is 5.32 Å². The Morgan fingerprint density at radius 2 is 2.17 bits per heavy atom. The van der Waals surface area contributed by atoms with Crippen molar-refractivity contribution in [1.29, 1.82) is 0 Å². The molecule has 24 heavy (non-hydrogen) atoms. The lowest BCUT2D eigenvalue weighted by molar-refractivity contribution is -0.129. The Balaban J connectivity index is 1.84. The van der Waals surface area contributed by atoms with Gasteiger partial charge in [-0.1, -0.05) is 20.8 Å². The highest BCUT2D eigenvalue weighted by molar-refractivity contribution is 7.11. The molecule has 1 atom stereocenters. The van der Waals surface area contributed by atoms with E-state index < -0.39 is 6.10 Å². The van der Waals surface area contributed by atoms with E-state index in [4.69, 9.17) is 4.84 Å².